The number of anilines is 1. The topological polar surface area (TPSA) is 42.0 Å². The number of hydrogen-bond donors (Lipinski definition) is 1. The molecule has 0 radical (unpaired) electrons. The second-order valence-electron chi connectivity index (χ2n) is 5.30. The first kappa shape index (κ1) is 17.3. The first-order chi connectivity index (χ1) is 10.4. The molecule has 0 saturated carbocycles. The van der Waals surface area contributed by atoms with Crippen LogP contribution in [0.2, 0.25) is 5.02 Å². The van der Waals surface area contributed by atoms with Gasteiger partial charge in [0.05, 0.1) is 5.75 Å². The number of aryl methyl sites for hydroxylation is 1. The monoisotopic (exact) mass is 354 g/mol. The summed E-state index contributed by atoms with van der Waals surface area (Å²) in [7, 11) is 0. The predicted molar refractivity (Wildman–Crippen MR) is 97.3 cm³/mol. The van der Waals surface area contributed by atoms with Gasteiger partial charge in [0.1, 0.15) is 0 Å². The summed E-state index contributed by atoms with van der Waals surface area (Å²) in [6.07, 6.45) is 2.58. The van der Waals surface area contributed by atoms with Gasteiger partial charge in [-0.25, -0.2) is 4.98 Å². The number of thiazole rings is 1. The fourth-order valence-corrected chi connectivity index (χ4v) is 3.42. The SMILES string of the molecule is Cc1ccc(Cc2cnc(NC(=O)CSC(C)C)s2)cc1Cl. The number of rotatable bonds is 6. The van der Waals surface area contributed by atoms with E-state index in [-0.39, 0.29) is 5.91 Å². The third-order valence-electron chi connectivity index (χ3n) is 2.96. The third kappa shape index (κ3) is 5.30. The number of nitrogens with zero attached hydrogens (tertiary/aromatic N) is 1. The molecule has 0 bridgehead atoms. The lowest BCUT2D eigenvalue weighted by molar-refractivity contribution is -0.113. The standard InChI is InChI=1S/C16H19ClN2OS2/c1-10(2)21-9-15(20)19-16-18-8-13(22-16)6-12-5-4-11(3)14(17)7-12/h4-5,7-8,10H,6,9H2,1-3H3,(H,18,19,20). The van der Waals surface area contributed by atoms with Crippen molar-refractivity contribution in [2.75, 3.05) is 11.1 Å². The Hall–Kier alpha value is -1.04. The summed E-state index contributed by atoms with van der Waals surface area (Å²) in [6, 6.07) is 6.07. The zero-order chi connectivity index (χ0) is 16.1. The van der Waals surface area contributed by atoms with Crippen LogP contribution in [0.4, 0.5) is 5.13 Å². The Morgan fingerprint density at radius 1 is 1.45 bits per heavy atom. The molecule has 0 fully saturated rings. The van der Waals surface area contributed by atoms with Gasteiger partial charge in [-0.1, -0.05) is 37.6 Å². The highest BCUT2D eigenvalue weighted by Gasteiger charge is 2.09. The summed E-state index contributed by atoms with van der Waals surface area (Å²) in [4.78, 5) is 17.2. The van der Waals surface area contributed by atoms with Crippen molar-refractivity contribution >= 4 is 45.7 Å². The fourth-order valence-electron chi connectivity index (χ4n) is 1.79. The average Bonchev–Trinajstić information content (AvgIpc) is 2.88. The van der Waals surface area contributed by atoms with Gasteiger partial charge in [0.2, 0.25) is 5.91 Å². The number of aromatic nitrogens is 1. The normalized spacial score (nSPS) is 11.0. The van der Waals surface area contributed by atoms with Crippen molar-refractivity contribution in [1.82, 2.24) is 4.98 Å². The fraction of sp³-hybridized carbons (Fsp3) is 0.375. The van der Waals surface area contributed by atoms with Gasteiger partial charge >= 0.3 is 0 Å². The Bertz CT molecular complexity index is 655. The molecular weight excluding hydrogens is 336 g/mol. The predicted octanol–water partition coefficient (Wildman–Crippen LogP) is 4.78. The smallest absolute Gasteiger partial charge is 0.236 e. The van der Waals surface area contributed by atoms with Gasteiger partial charge in [-0.3, -0.25) is 4.79 Å². The molecule has 1 aromatic carbocycles. The van der Waals surface area contributed by atoms with Gasteiger partial charge in [0.15, 0.2) is 5.13 Å². The molecule has 3 nitrogen and oxygen atoms in total. The van der Waals surface area contributed by atoms with Crippen molar-refractivity contribution < 1.29 is 4.79 Å². The van der Waals surface area contributed by atoms with Crippen molar-refractivity contribution in [3.63, 3.8) is 0 Å². The van der Waals surface area contributed by atoms with Gasteiger partial charge < -0.3 is 5.32 Å². The third-order valence-corrected chi connectivity index (χ3v) is 5.38. The number of thioether (sulfide) groups is 1. The molecule has 0 aliphatic carbocycles. The summed E-state index contributed by atoms with van der Waals surface area (Å²) in [6.45, 7) is 6.14. The molecule has 0 aliphatic heterocycles. The Balaban J connectivity index is 1.93. The van der Waals surface area contributed by atoms with E-state index in [9.17, 15) is 4.79 Å². The first-order valence-corrected chi connectivity index (χ1v) is 9.29. The molecule has 0 spiro atoms. The Kier molecular flexibility index (Phi) is 6.29. The molecular formula is C16H19ClN2OS2. The van der Waals surface area contributed by atoms with Crippen molar-refractivity contribution in [3.05, 3.63) is 45.4 Å². The van der Waals surface area contributed by atoms with E-state index in [2.05, 4.69) is 30.2 Å². The highest BCUT2D eigenvalue weighted by molar-refractivity contribution is 8.00. The minimum absolute atomic E-state index is 0.00187. The highest BCUT2D eigenvalue weighted by Crippen LogP contribution is 2.24. The van der Waals surface area contributed by atoms with E-state index in [0.29, 0.717) is 16.1 Å². The summed E-state index contributed by atoms with van der Waals surface area (Å²) in [5, 5.41) is 4.73. The van der Waals surface area contributed by atoms with Crippen LogP contribution in [-0.4, -0.2) is 21.9 Å². The van der Waals surface area contributed by atoms with Crippen LogP contribution in [0, 0.1) is 6.92 Å². The number of hydrogen-bond acceptors (Lipinski definition) is 4. The van der Waals surface area contributed by atoms with E-state index < -0.39 is 0 Å². The van der Waals surface area contributed by atoms with E-state index in [4.69, 9.17) is 11.6 Å². The van der Waals surface area contributed by atoms with Crippen LogP contribution in [-0.2, 0) is 11.2 Å². The summed E-state index contributed by atoms with van der Waals surface area (Å²) < 4.78 is 0. The maximum atomic E-state index is 11.8. The lowest BCUT2D eigenvalue weighted by Gasteiger charge is -2.04. The van der Waals surface area contributed by atoms with Crippen LogP contribution in [0.15, 0.2) is 24.4 Å². The molecule has 22 heavy (non-hydrogen) atoms. The number of carbonyl (C=O) groups excluding carboxylic acids is 1. The quantitative estimate of drug-likeness (QED) is 0.811. The van der Waals surface area contributed by atoms with E-state index in [1.54, 1.807) is 11.8 Å². The second-order valence-corrected chi connectivity index (χ2v) is 8.39. The average molecular weight is 355 g/mol. The van der Waals surface area contributed by atoms with E-state index in [1.807, 2.05) is 25.3 Å². The highest BCUT2D eigenvalue weighted by atomic mass is 35.5. The minimum atomic E-state index is -0.00187. The number of halogens is 1. The minimum Gasteiger partial charge on any atom is -0.301 e. The van der Waals surface area contributed by atoms with Crippen molar-refractivity contribution in [1.29, 1.82) is 0 Å². The zero-order valence-electron chi connectivity index (χ0n) is 12.9. The molecule has 1 N–H and O–H groups in total. The molecule has 1 heterocycles. The van der Waals surface area contributed by atoms with Crippen LogP contribution in [0.25, 0.3) is 0 Å². The lowest BCUT2D eigenvalue weighted by atomic mass is 10.1. The Morgan fingerprint density at radius 2 is 2.23 bits per heavy atom. The van der Waals surface area contributed by atoms with Gasteiger partial charge in [-0.2, -0.15) is 0 Å². The number of carbonyl (C=O) groups is 1. The molecule has 2 rings (SSSR count). The van der Waals surface area contributed by atoms with Crippen LogP contribution in [0.1, 0.15) is 29.9 Å². The number of amides is 1. The summed E-state index contributed by atoms with van der Waals surface area (Å²) in [5.74, 6) is 0.457. The molecule has 1 amide bonds. The van der Waals surface area contributed by atoms with Crippen molar-refractivity contribution in [3.8, 4) is 0 Å². The van der Waals surface area contributed by atoms with Gasteiger partial charge in [0.25, 0.3) is 0 Å². The van der Waals surface area contributed by atoms with E-state index in [0.717, 1.165) is 27.4 Å². The maximum absolute atomic E-state index is 11.8. The molecule has 0 atom stereocenters. The second kappa shape index (κ2) is 7.99. The van der Waals surface area contributed by atoms with Crippen LogP contribution in [0.3, 0.4) is 0 Å². The zero-order valence-corrected chi connectivity index (χ0v) is 15.2. The van der Waals surface area contributed by atoms with Crippen molar-refractivity contribution in [2.24, 2.45) is 0 Å². The van der Waals surface area contributed by atoms with Crippen molar-refractivity contribution in [2.45, 2.75) is 32.4 Å². The van der Waals surface area contributed by atoms with Gasteiger partial charge in [-0.15, -0.1) is 23.1 Å². The molecule has 0 saturated heterocycles. The molecule has 0 unspecified atom stereocenters. The van der Waals surface area contributed by atoms with Crippen LogP contribution < -0.4 is 5.32 Å². The summed E-state index contributed by atoms with van der Waals surface area (Å²) >= 11 is 9.27. The first-order valence-electron chi connectivity index (χ1n) is 7.05. The van der Waals surface area contributed by atoms with Gasteiger partial charge in [0, 0.05) is 22.5 Å². The maximum Gasteiger partial charge on any atom is 0.236 e. The molecule has 6 heteroatoms. The Labute approximate surface area is 144 Å². The number of nitrogens with one attached hydrogen (secondary N) is 1. The van der Waals surface area contributed by atoms with E-state index >= 15 is 0 Å². The lowest BCUT2D eigenvalue weighted by Crippen LogP contribution is -2.14. The van der Waals surface area contributed by atoms with Crippen LogP contribution >= 0.6 is 34.7 Å². The largest absolute Gasteiger partial charge is 0.301 e. The molecule has 1 aromatic heterocycles. The van der Waals surface area contributed by atoms with Gasteiger partial charge in [-0.05, 0) is 29.4 Å². The van der Waals surface area contributed by atoms with Crippen LogP contribution in [0.5, 0.6) is 0 Å². The Morgan fingerprint density at radius 3 is 2.91 bits per heavy atom. The number of benzene rings is 1. The molecule has 2 aromatic rings. The van der Waals surface area contributed by atoms with E-state index in [1.165, 1.54) is 11.3 Å². The summed E-state index contributed by atoms with van der Waals surface area (Å²) in [5.41, 5.74) is 2.22. The molecule has 0 aliphatic rings. The molecule has 118 valence electrons.